The largest absolute Gasteiger partial charge is 0.354 e. The Morgan fingerprint density at radius 3 is 2.33 bits per heavy atom. The molecule has 0 bridgehead atoms. The first-order valence-electron chi connectivity index (χ1n) is 5.04. The molecule has 1 rings (SSSR count). The van der Waals surface area contributed by atoms with E-state index in [-0.39, 0.29) is 12.3 Å². The fourth-order valence-corrected chi connectivity index (χ4v) is 1.64. The molecule has 2 N–H and O–H groups in total. The first kappa shape index (κ1) is 12.2. The standard InChI is InChI=1S/C12H19NO2/c1-9-6-4-5-7-10(9)8-11(13)12(14-2)15-3/h4-7,11-12H,8,13H2,1-3H3. The van der Waals surface area contributed by atoms with Gasteiger partial charge in [-0.05, 0) is 24.5 Å². The first-order valence-corrected chi connectivity index (χ1v) is 5.04. The molecule has 1 atom stereocenters. The molecule has 0 heterocycles. The first-order chi connectivity index (χ1) is 7.19. The van der Waals surface area contributed by atoms with Gasteiger partial charge in [-0.25, -0.2) is 0 Å². The summed E-state index contributed by atoms with van der Waals surface area (Å²) in [7, 11) is 3.21. The van der Waals surface area contributed by atoms with Crippen molar-refractivity contribution in [3.05, 3.63) is 35.4 Å². The molecule has 15 heavy (non-hydrogen) atoms. The third-order valence-corrected chi connectivity index (χ3v) is 2.53. The van der Waals surface area contributed by atoms with Gasteiger partial charge in [-0.15, -0.1) is 0 Å². The van der Waals surface area contributed by atoms with Gasteiger partial charge in [0.15, 0.2) is 6.29 Å². The maximum atomic E-state index is 5.99. The zero-order valence-corrected chi connectivity index (χ0v) is 9.57. The van der Waals surface area contributed by atoms with Crippen molar-refractivity contribution >= 4 is 0 Å². The number of benzene rings is 1. The minimum Gasteiger partial charge on any atom is -0.354 e. The topological polar surface area (TPSA) is 44.5 Å². The van der Waals surface area contributed by atoms with E-state index in [1.165, 1.54) is 11.1 Å². The molecule has 0 fully saturated rings. The number of ether oxygens (including phenoxy) is 2. The van der Waals surface area contributed by atoms with E-state index in [4.69, 9.17) is 15.2 Å². The fraction of sp³-hybridized carbons (Fsp3) is 0.500. The average Bonchev–Trinajstić information content (AvgIpc) is 2.23. The zero-order valence-electron chi connectivity index (χ0n) is 9.57. The summed E-state index contributed by atoms with van der Waals surface area (Å²) in [6.07, 6.45) is 0.420. The van der Waals surface area contributed by atoms with Crippen LogP contribution in [0.2, 0.25) is 0 Å². The molecule has 1 aromatic rings. The third kappa shape index (κ3) is 3.30. The van der Waals surface area contributed by atoms with Crippen molar-refractivity contribution in [2.24, 2.45) is 5.73 Å². The fourth-order valence-electron chi connectivity index (χ4n) is 1.64. The van der Waals surface area contributed by atoms with Gasteiger partial charge >= 0.3 is 0 Å². The maximum absolute atomic E-state index is 5.99. The Morgan fingerprint density at radius 1 is 1.20 bits per heavy atom. The number of hydrogen-bond acceptors (Lipinski definition) is 3. The number of methoxy groups -OCH3 is 2. The van der Waals surface area contributed by atoms with E-state index in [9.17, 15) is 0 Å². The zero-order chi connectivity index (χ0) is 11.3. The second-order valence-corrected chi connectivity index (χ2v) is 3.63. The highest BCUT2D eigenvalue weighted by atomic mass is 16.7. The van der Waals surface area contributed by atoms with Gasteiger partial charge in [0.1, 0.15) is 0 Å². The molecule has 0 aliphatic heterocycles. The van der Waals surface area contributed by atoms with Crippen molar-refractivity contribution in [2.75, 3.05) is 14.2 Å². The average molecular weight is 209 g/mol. The van der Waals surface area contributed by atoms with Crippen LogP contribution >= 0.6 is 0 Å². The van der Waals surface area contributed by atoms with E-state index < -0.39 is 0 Å². The molecule has 0 saturated carbocycles. The molecule has 0 aliphatic carbocycles. The van der Waals surface area contributed by atoms with Crippen LogP contribution in [0.15, 0.2) is 24.3 Å². The van der Waals surface area contributed by atoms with Gasteiger partial charge in [-0.3, -0.25) is 0 Å². The summed E-state index contributed by atoms with van der Waals surface area (Å²) in [6.45, 7) is 2.08. The molecular weight excluding hydrogens is 190 g/mol. The predicted octanol–water partition coefficient (Wildman–Crippen LogP) is 1.48. The molecule has 84 valence electrons. The monoisotopic (exact) mass is 209 g/mol. The molecule has 1 aromatic carbocycles. The van der Waals surface area contributed by atoms with Crippen LogP contribution in [-0.4, -0.2) is 26.6 Å². The number of nitrogens with two attached hydrogens (primary N) is 1. The van der Waals surface area contributed by atoms with Gasteiger partial charge in [0.25, 0.3) is 0 Å². The van der Waals surface area contributed by atoms with Gasteiger partial charge in [0.2, 0.25) is 0 Å². The van der Waals surface area contributed by atoms with Crippen LogP contribution in [0.3, 0.4) is 0 Å². The lowest BCUT2D eigenvalue weighted by Gasteiger charge is -2.21. The smallest absolute Gasteiger partial charge is 0.172 e. The molecule has 0 amide bonds. The van der Waals surface area contributed by atoms with Crippen molar-refractivity contribution in [3.63, 3.8) is 0 Å². The molecule has 1 unspecified atom stereocenters. The number of hydrogen-bond donors (Lipinski definition) is 1. The van der Waals surface area contributed by atoms with E-state index in [0.29, 0.717) is 0 Å². The summed E-state index contributed by atoms with van der Waals surface area (Å²) in [5.41, 5.74) is 8.48. The Kier molecular flexibility index (Phi) is 4.75. The minimum atomic E-state index is -0.343. The Balaban J connectivity index is 2.65. The Hall–Kier alpha value is -0.900. The lowest BCUT2D eigenvalue weighted by Crippen LogP contribution is -2.39. The van der Waals surface area contributed by atoms with Crippen molar-refractivity contribution in [1.82, 2.24) is 0 Å². The van der Waals surface area contributed by atoms with Crippen molar-refractivity contribution in [3.8, 4) is 0 Å². The number of aryl methyl sites for hydroxylation is 1. The lowest BCUT2D eigenvalue weighted by atomic mass is 10.0. The second-order valence-electron chi connectivity index (χ2n) is 3.63. The molecule has 0 spiro atoms. The molecule has 0 aliphatic rings. The van der Waals surface area contributed by atoms with E-state index >= 15 is 0 Å². The van der Waals surface area contributed by atoms with Gasteiger partial charge < -0.3 is 15.2 Å². The highest BCUT2D eigenvalue weighted by molar-refractivity contribution is 5.26. The van der Waals surface area contributed by atoms with Gasteiger partial charge in [0, 0.05) is 14.2 Å². The summed E-state index contributed by atoms with van der Waals surface area (Å²) in [6, 6.07) is 8.06. The summed E-state index contributed by atoms with van der Waals surface area (Å²) in [5, 5.41) is 0. The van der Waals surface area contributed by atoms with Crippen molar-refractivity contribution < 1.29 is 9.47 Å². The summed E-state index contributed by atoms with van der Waals surface area (Å²) >= 11 is 0. The molecule has 0 saturated heterocycles. The highest BCUT2D eigenvalue weighted by Crippen LogP contribution is 2.11. The lowest BCUT2D eigenvalue weighted by molar-refractivity contribution is -0.115. The van der Waals surface area contributed by atoms with Crippen LogP contribution in [0.25, 0.3) is 0 Å². The normalized spacial score (nSPS) is 13.1. The summed E-state index contributed by atoms with van der Waals surface area (Å²) < 4.78 is 10.3. The Bertz CT molecular complexity index is 297. The predicted molar refractivity (Wildman–Crippen MR) is 60.7 cm³/mol. The molecule has 3 heteroatoms. The Morgan fingerprint density at radius 2 is 1.80 bits per heavy atom. The number of rotatable bonds is 5. The molecular formula is C12H19NO2. The van der Waals surface area contributed by atoms with E-state index in [2.05, 4.69) is 19.1 Å². The van der Waals surface area contributed by atoms with E-state index in [1.54, 1.807) is 14.2 Å². The third-order valence-electron chi connectivity index (χ3n) is 2.53. The van der Waals surface area contributed by atoms with Crippen LogP contribution in [0.1, 0.15) is 11.1 Å². The van der Waals surface area contributed by atoms with E-state index in [0.717, 1.165) is 6.42 Å². The van der Waals surface area contributed by atoms with Gasteiger partial charge in [-0.1, -0.05) is 24.3 Å². The quantitative estimate of drug-likeness (QED) is 0.747. The highest BCUT2D eigenvalue weighted by Gasteiger charge is 2.17. The second kappa shape index (κ2) is 5.85. The maximum Gasteiger partial charge on any atom is 0.172 e. The van der Waals surface area contributed by atoms with Crippen LogP contribution in [0.4, 0.5) is 0 Å². The minimum absolute atomic E-state index is 0.138. The van der Waals surface area contributed by atoms with Gasteiger partial charge in [0.05, 0.1) is 6.04 Å². The van der Waals surface area contributed by atoms with Gasteiger partial charge in [-0.2, -0.15) is 0 Å². The molecule has 0 radical (unpaired) electrons. The molecule has 3 nitrogen and oxygen atoms in total. The van der Waals surface area contributed by atoms with E-state index in [1.807, 2.05) is 12.1 Å². The van der Waals surface area contributed by atoms with Crippen molar-refractivity contribution in [2.45, 2.75) is 25.7 Å². The SMILES string of the molecule is COC(OC)C(N)Cc1ccccc1C. The summed E-state index contributed by atoms with van der Waals surface area (Å²) in [5.74, 6) is 0. The van der Waals surface area contributed by atoms with Crippen LogP contribution in [-0.2, 0) is 15.9 Å². The summed E-state index contributed by atoms with van der Waals surface area (Å²) in [4.78, 5) is 0. The van der Waals surface area contributed by atoms with Crippen molar-refractivity contribution in [1.29, 1.82) is 0 Å². The molecule has 0 aromatic heterocycles. The van der Waals surface area contributed by atoms with Crippen LogP contribution in [0, 0.1) is 6.92 Å². The van der Waals surface area contributed by atoms with Crippen LogP contribution in [0.5, 0.6) is 0 Å². The van der Waals surface area contributed by atoms with Crippen LogP contribution < -0.4 is 5.73 Å². The Labute approximate surface area is 91.2 Å².